The molecular formula is C13H21NS. The van der Waals surface area contributed by atoms with Crippen LogP contribution < -0.4 is 5.32 Å². The van der Waals surface area contributed by atoms with Crippen molar-refractivity contribution in [3.63, 3.8) is 0 Å². The smallest absolute Gasteiger partial charge is 0.0452 e. The second kappa shape index (κ2) is 6.09. The minimum Gasteiger partial charge on any atom is -0.312 e. The zero-order valence-corrected chi connectivity index (χ0v) is 10.8. The molecule has 0 amide bonds. The van der Waals surface area contributed by atoms with E-state index in [1.807, 2.05) is 18.4 Å². The molecule has 0 aromatic carbocycles. The fraction of sp³-hybridized carbons (Fsp3) is 0.538. The summed E-state index contributed by atoms with van der Waals surface area (Å²) in [4.78, 5) is 1.48. The van der Waals surface area contributed by atoms with Crippen LogP contribution in [-0.4, -0.2) is 7.05 Å². The topological polar surface area (TPSA) is 12.0 Å². The summed E-state index contributed by atoms with van der Waals surface area (Å²) in [7, 11) is 2.03. The Kier molecular flexibility index (Phi) is 5.06. The second-order valence-electron chi connectivity index (χ2n) is 3.81. The van der Waals surface area contributed by atoms with E-state index in [4.69, 9.17) is 0 Å². The van der Waals surface area contributed by atoms with Crippen molar-refractivity contribution in [2.24, 2.45) is 0 Å². The third kappa shape index (κ3) is 3.18. The van der Waals surface area contributed by atoms with Crippen molar-refractivity contribution >= 4 is 11.3 Å². The Balaban J connectivity index is 2.78. The van der Waals surface area contributed by atoms with E-state index in [1.165, 1.54) is 16.0 Å². The minimum absolute atomic E-state index is 0.451. The quantitative estimate of drug-likeness (QED) is 0.721. The zero-order valence-electron chi connectivity index (χ0n) is 9.97. The van der Waals surface area contributed by atoms with Crippen molar-refractivity contribution in [1.29, 1.82) is 0 Å². The molecule has 1 heterocycles. The molecule has 0 radical (unpaired) electrons. The van der Waals surface area contributed by atoms with Crippen molar-refractivity contribution in [3.8, 4) is 0 Å². The van der Waals surface area contributed by atoms with Gasteiger partial charge in [0.15, 0.2) is 0 Å². The average Bonchev–Trinajstić information content (AvgIpc) is 2.73. The maximum atomic E-state index is 4.09. The van der Waals surface area contributed by atoms with Crippen LogP contribution in [0.1, 0.15) is 43.2 Å². The van der Waals surface area contributed by atoms with Gasteiger partial charge in [0, 0.05) is 10.9 Å². The molecule has 1 aromatic rings. The lowest BCUT2D eigenvalue weighted by Crippen LogP contribution is -2.16. The molecule has 2 heteroatoms. The lowest BCUT2D eigenvalue weighted by atomic mass is 10.0. The summed E-state index contributed by atoms with van der Waals surface area (Å²) in [5, 5.41) is 5.58. The molecular weight excluding hydrogens is 202 g/mol. The third-order valence-electron chi connectivity index (χ3n) is 2.82. The van der Waals surface area contributed by atoms with Crippen LogP contribution in [0, 0.1) is 0 Å². The summed E-state index contributed by atoms with van der Waals surface area (Å²) < 4.78 is 0. The van der Waals surface area contributed by atoms with Gasteiger partial charge in [0.05, 0.1) is 0 Å². The zero-order chi connectivity index (χ0) is 11.3. The van der Waals surface area contributed by atoms with Gasteiger partial charge < -0.3 is 5.32 Å². The van der Waals surface area contributed by atoms with Crippen molar-refractivity contribution in [1.82, 2.24) is 5.32 Å². The van der Waals surface area contributed by atoms with Crippen LogP contribution in [0.2, 0.25) is 0 Å². The SMILES string of the molecule is C=C(CC)CC(NC)c1sccc1CC. The molecule has 1 nitrogen and oxygen atoms in total. The Morgan fingerprint density at radius 3 is 2.80 bits per heavy atom. The van der Waals surface area contributed by atoms with Crippen LogP contribution in [0.4, 0.5) is 0 Å². The predicted molar refractivity (Wildman–Crippen MR) is 69.5 cm³/mol. The van der Waals surface area contributed by atoms with E-state index in [0.29, 0.717) is 6.04 Å². The molecule has 0 fully saturated rings. The standard InChI is InChI=1S/C13H21NS/c1-5-10(3)9-12(14-4)13-11(6-2)7-8-15-13/h7-8,12,14H,3,5-6,9H2,1-2,4H3. The van der Waals surface area contributed by atoms with Crippen molar-refractivity contribution in [2.45, 2.75) is 39.2 Å². The number of aryl methyl sites for hydroxylation is 1. The van der Waals surface area contributed by atoms with Gasteiger partial charge in [-0.05, 0) is 43.3 Å². The van der Waals surface area contributed by atoms with E-state index in [1.54, 1.807) is 0 Å². The summed E-state index contributed by atoms with van der Waals surface area (Å²) in [6.07, 6.45) is 3.25. The van der Waals surface area contributed by atoms with Crippen molar-refractivity contribution in [2.75, 3.05) is 7.05 Å². The number of nitrogens with one attached hydrogen (secondary N) is 1. The highest BCUT2D eigenvalue weighted by atomic mass is 32.1. The first-order valence-corrected chi connectivity index (χ1v) is 6.51. The van der Waals surface area contributed by atoms with Gasteiger partial charge in [-0.2, -0.15) is 0 Å². The highest BCUT2D eigenvalue weighted by Crippen LogP contribution is 2.29. The van der Waals surface area contributed by atoms with Gasteiger partial charge in [-0.3, -0.25) is 0 Å². The molecule has 0 bridgehead atoms. The molecule has 15 heavy (non-hydrogen) atoms. The van der Waals surface area contributed by atoms with Crippen LogP contribution in [0.3, 0.4) is 0 Å². The molecule has 0 spiro atoms. The molecule has 0 saturated carbocycles. The van der Waals surface area contributed by atoms with Gasteiger partial charge in [0.1, 0.15) is 0 Å². The molecule has 0 aliphatic heterocycles. The highest BCUT2D eigenvalue weighted by molar-refractivity contribution is 7.10. The molecule has 1 atom stereocenters. The molecule has 0 saturated heterocycles. The van der Waals surface area contributed by atoms with Gasteiger partial charge >= 0.3 is 0 Å². The molecule has 0 aliphatic carbocycles. The van der Waals surface area contributed by atoms with Gasteiger partial charge in [-0.1, -0.05) is 26.0 Å². The van der Waals surface area contributed by atoms with Gasteiger partial charge in [0.25, 0.3) is 0 Å². The van der Waals surface area contributed by atoms with Gasteiger partial charge in [-0.15, -0.1) is 11.3 Å². The number of hydrogen-bond donors (Lipinski definition) is 1. The van der Waals surface area contributed by atoms with Crippen molar-refractivity contribution in [3.05, 3.63) is 34.0 Å². The first-order valence-electron chi connectivity index (χ1n) is 5.63. The van der Waals surface area contributed by atoms with E-state index in [0.717, 1.165) is 19.3 Å². The Labute approximate surface area is 97.2 Å². The maximum Gasteiger partial charge on any atom is 0.0452 e. The van der Waals surface area contributed by atoms with E-state index in [-0.39, 0.29) is 0 Å². The molecule has 1 N–H and O–H groups in total. The summed E-state index contributed by atoms with van der Waals surface area (Å²) in [5.74, 6) is 0. The Morgan fingerprint density at radius 1 is 1.53 bits per heavy atom. The Bertz CT molecular complexity index is 314. The Morgan fingerprint density at radius 2 is 2.27 bits per heavy atom. The van der Waals surface area contributed by atoms with Crippen LogP contribution in [0.25, 0.3) is 0 Å². The summed E-state index contributed by atoms with van der Waals surface area (Å²) in [6.45, 7) is 8.48. The van der Waals surface area contributed by atoms with Gasteiger partial charge in [0.2, 0.25) is 0 Å². The number of rotatable bonds is 6. The molecule has 0 aliphatic rings. The molecule has 1 unspecified atom stereocenters. The molecule has 1 aromatic heterocycles. The van der Waals surface area contributed by atoms with E-state index < -0.39 is 0 Å². The van der Waals surface area contributed by atoms with Gasteiger partial charge in [-0.25, -0.2) is 0 Å². The van der Waals surface area contributed by atoms with E-state index in [2.05, 4.69) is 37.2 Å². The maximum absolute atomic E-state index is 4.09. The lowest BCUT2D eigenvalue weighted by Gasteiger charge is -2.17. The normalized spacial score (nSPS) is 12.7. The van der Waals surface area contributed by atoms with Crippen LogP contribution in [-0.2, 0) is 6.42 Å². The molecule has 84 valence electrons. The fourth-order valence-corrected chi connectivity index (χ4v) is 2.81. The van der Waals surface area contributed by atoms with E-state index >= 15 is 0 Å². The summed E-state index contributed by atoms with van der Waals surface area (Å²) in [5.41, 5.74) is 2.80. The van der Waals surface area contributed by atoms with E-state index in [9.17, 15) is 0 Å². The largest absolute Gasteiger partial charge is 0.312 e. The predicted octanol–water partition coefficient (Wildman–Crippen LogP) is 3.93. The molecule has 1 rings (SSSR count). The van der Waals surface area contributed by atoms with Crippen LogP contribution in [0.5, 0.6) is 0 Å². The van der Waals surface area contributed by atoms with Crippen LogP contribution in [0.15, 0.2) is 23.6 Å². The van der Waals surface area contributed by atoms with Crippen LogP contribution >= 0.6 is 11.3 Å². The minimum atomic E-state index is 0.451. The first kappa shape index (κ1) is 12.5. The number of thiophene rings is 1. The monoisotopic (exact) mass is 223 g/mol. The highest BCUT2D eigenvalue weighted by Gasteiger charge is 2.14. The Hall–Kier alpha value is -0.600. The summed E-state index contributed by atoms with van der Waals surface area (Å²) in [6, 6.07) is 2.69. The number of hydrogen-bond acceptors (Lipinski definition) is 2. The third-order valence-corrected chi connectivity index (χ3v) is 3.89. The van der Waals surface area contributed by atoms with Crippen molar-refractivity contribution < 1.29 is 0 Å². The fourth-order valence-electron chi connectivity index (χ4n) is 1.70. The second-order valence-corrected chi connectivity index (χ2v) is 4.76. The lowest BCUT2D eigenvalue weighted by molar-refractivity contribution is 0.588. The average molecular weight is 223 g/mol. The first-order chi connectivity index (χ1) is 7.22. The summed E-state index contributed by atoms with van der Waals surface area (Å²) >= 11 is 1.86.